The van der Waals surface area contributed by atoms with E-state index in [2.05, 4.69) is 5.32 Å². The molecule has 0 heterocycles. The summed E-state index contributed by atoms with van der Waals surface area (Å²) in [5.41, 5.74) is 2.02. The van der Waals surface area contributed by atoms with E-state index in [-0.39, 0.29) is 23.4 Å². The van der Waals surface area contributed by atoms with Gasteiger partial charge >= 0.3 is 0 Å². The Morgan fingerprint density at radius 2 is 1.55 bits per heavy atom. The van der Waals surface area contributed by atoms with Crippen LogP contribution in [0.1, 0.15) is 38.3 Å². The SMILES string of the molecule is CCC(C)NC(=O)C(C)N(Cc1ccc(Cl)cc1)C(=O)CN(c1ccc(C)cc1)S(=O)(=O)c1ccc(OC)cc1. The number of halogens is 1. The number of hydrogen-bond donors (Lipinski definition) is 1. The third-order valence-corrected chi connectivity index (χ3v) is 8.72. The van der Waals surface area contributed by atoms with Gasteiger partial charge < -0.3 is 15.0 Å². The normalized spacial score (nSPS) is 12.8. The zero-order valence-corrected chi connectivity index (χ0v) is 25.0. The van der Waals surface area contributed by atoms with Crippen molar-refractivity contribution >= 4 is 39.1 Å². The number of ether oxygens (including phenoxy) is 1. The van der Waals surface area contributed by atoms with Crippen molar-refractivity contribution in [2.24, 2.45) is 0 Å². The summed E-state index contributed by atoms with van der Waals surface area (Å²) in [4.78, 5) is 28.4. The molecular formula is C30H36ClN3O5S. The average Bonchev–Trinajstić information content (AvgIpc) is 2.95. The molecule has 1 N–H and O–H groups in total. The second-order valence-electron chi connectivity index (χ2n) is 9.66. The van der Waals surface area contributed by atoms with Crippen molar-refractivity contribution in [3.05, 3.63) is 88.9 Å². The molecule has 3 aromatic carbocycles. The fourth-order valence-electron chi connectivity index (χ4n) is 3.95. The van der Waals surface area contributed by atoms with E-state index in [0.717, 1.165) is 21.9 Å². The summed E-state index contributed by atoms with van der Waals surface area (Å²) in [5.74, 6) is -0.344. The Morgan fingerprint density at radius 1 is 0.950 bits per heavy atom. The zero-order valence-electron chi connectivity index (χ0n) is 23.4. The van der Waals surface area contributed by atoms with Gasteiger partial charge in [-0.1, -0.05) is 48.4 Å². The molecule has 0 spiro atoms. The molecule has 0 saturated carbocycles. The summed E-state index contributed by atoms with van der Waals surface area (Å²) in [5, 5.41) is 3.46. The maximum Gasteiger partial charge on any atom is 0.264 e. The first-order chi connectivity index (χ1) is 19.0. The van der Waals surface area contributed by atoms with E-state index in [1.165, 1.54) is 24.1 Å². The minimum atomic E-state index is -4.16. The number of carbonyl (C=O) groups is 2. The van der Waals surface area contributed by atoms with Gasteiger partial charge in [-0.25, -0.2) is 8.42 Å². The molecule has 10 heteroatoms. The Hall–Kier alpha value is -3.56. The molecule has 0 aromatic heterocycles. The summed E-state index contributed by atoms with van der Waals surface area (Å²) in [7, 11) is -2.66. The number of aryl methyl sites for hydroxylation is 1. The van der Waals surface area contributed by atoms with Gasteiger partial charge in [-0.05, 0) is 81.3 Å². The van der Waals surface area contributed by atoms with Gasteiger partial charge in [0.2, 0.25) is 11.8 Å². The van der Waals surface area contributed by atoms with Crippen molar-refractivity contribution in [1.82, 2.24) is 10.2 Å². The molecule has 0 aliphatic heterocycles. The monoisotopic (exact) mass is 585 g/mol. The van der Waals surface area contributed by atoms with Crippen molar-refractivity contribution in [2.75, 3.05) is 18.0 Å². The van der Waals surface area contributed by atoms with Gasteiger partial charge in [0.15, 0.2) is 0 Å². The number of sulfonamides is 1. The van der Waals surface area contributed by atoms with Crippen molar-refractivity contribution < 1.29 is 22.7 Å². The zero-order chi connectivity index (χ0) is 29.4. The molecule has 0 bridgehead atoms. The highest BCUT2D eigenvalue weighted by Gasteiger charge is 2.32. The smallest absolute Gasteiger partial charge is 0.264 e. The summed E-state index contributed by atoms with van der Waals surface area (Å²) in [6.07, 6.45) is 0.727. The van der Waals surface area contributed by atoms with Gasteiger partial charge in [0.1, 0.15) is 18.3 Å². The second kappa shape index (κ2) is 13.7. The Labute approximate surface area is 241 Å². The third kappa shape index (κ3) is 7.76. The quantitative estimate of drug-likeness (QED) is 0.316. The number of carbonyl (C=O) groups excluding carboxylic acids is 2. The van der Waals surface area contributed by atoms with E-state index in [9.17, 15) is 18.0 Å². The van der Waals surface area contributed by atoms with Gasteiger partial charge in [0.05, 0.1) is 17.7 Å². The number of amides is 2. The number of anilines is 1. The first-order valence-corrected chi connectivity index (χ1v) is 14.9. The highest BCUT2D eigenvalue weighted by Crippen LogP contribution is 2.26. The van der Waals surface area contributed by atoms with Gasteiger partial charge in [0.25, 0.3) is 10.0 Å². The highest BCUT2D eigenvalue weighted by molar-refractivity contribution is 7.92. The summed E-state index contributed by atoms with van der Waals surface area (Å²) < 4.78 is 34.0. The molecule has 0 radical (unpaired) electrons. The molecule has 2 atom stereocenters. The molecule has 8 nitrogen and oxygen atoms in total. The standard InChI is InChI=1S/C30H36ClN3O5S/c1-6-22(3)32-30(36)23(4)33(19-24-9-11-25(31)12-10-24)29(35)20-34(26-13-7-21(2)8-14-26)40(37,38)28-17-15-27(39-5)16-18-28/h7-18,22-23H,6,19-20H2,1-5H3,(H,32,36). The summed E-state index contributed by atoms with van der Waals surface area (Å²) in [6, 6.07) is 18.9. The highest BCUT2D eigenvalue weighted by atomic mass is 35.5. The van der Waals surface area contributed by atoms with Crippen LogP contribution in [0.5, 0.6) is 5.75 Å². The Bertz CT molecular complexity index is 1390. The maximum absolute atomic E-state index is 13.9. The van der Waals surface area contributed by atoms with Gasteiger partial charge in [-0.3, -0.25) is 13.9 Å². The lowest BCUT2D eigenvalue weighted by Gasteiger charge is -2.32. The maximum atomic E-state index is 13.9. The molecule has 214 valence electrons. The molecule has 0 aliphatic rings. The van der Waals surface area contributed by atoms with Crippen LogP contribution in [0.15, 0.2) is 77.7 Å². The minimum Gasteiger partial charge on any atom is -0.497 e. The predicted molar refractivity (Wildman–Crippen MR) is 158 cm³/mol. The summed E-state index contributed by atoms with van der Waals surface area (Å²) in [6.45, 7) is 6.95. The fraction of sp³-hybridized carbons (Fsp3) is 0.333. The van der Waals surface area contributed by atoms with Crippen LogP contribution in [0, 0.1) is 6.92 Å². The Kier molecular flexibility index (Phi) is 10.6. The van der Waals surface area contributed by atoms with Crippen LogP contribution in [-0.2, 0) is 26.2 Å². The molecule has 2 unspecified atom stereocenters. The number of benzene rings is 3. The first kappa shape index (κ1) is 31.0. The number of rotatable bonds is 12. The van der Waals surface area contributed by atoms with Crippen LogP contribution in [0.4, 0.5) is 5.69 Å². The molecule has 3 aromatic rings. The number of hydrogen-bond acceptors (Lipinski definition) is 5. The first-order valence-electron chi connectivity index (χ1n) is 13.0. The lowest BCUT2D eigenvalue weighted by molar-refractivity contribution is -0.139. The third-order valence-electron chi connectivity index (χ3n) is 6.68. The van der Waals surface area contributed by atoms with Crippen LogP contribution in [0.3, 0.4) is 0 Å². The topological polar surface area (TPSA) is 96.0 Å². The van der Waals surface area contributed by atoms with Gasteiger partial charge in [-0.15, -0.1) is 0 Å². The van der Waals surface area contributed by atoms with E-state index in [4.69, 9.17) is 16.3 Å². The number of nitrogens with zero attached hydrogens (tertiary/aromatic N) is 2. The van der Waals surface area contributed by atoms with Crippen molar-refractivity contribution in [1.29, 1.82) is 0 Å². The van der Waals surface area contributed by atoms with Crippen LogP contribution in [0.2, 0.25) is 5.02 Å². The van der Waals surface area contributed by atoms with Crippen molar-refractivity contribution in [3.8, 4) is 5.75 Å². The lowest BCUT2D eigenvalue weighted by Crippen LogP contribution is -2.52. The largest absolute Gasteiger partial charge is 0.497 e. The average molecular weight is 586 g/mol. The molecule has 2 amide bonds. The molecule has 0 aliphatic carbocycles. The van der Waals surface area contributed by atoms with Crippen LogP contribution < -0.4 is 14.4 Å². The van der Waals surface area contributed by atoms with E-state index < -0.39 is 28.5 Å². The van der Waals surface area contributed by atoms with Crippen molar-refractivity contribution in [2.45, 2.75) is 57.6 Å². The van der Waals surface area contributed by atoms with Gasteiger partial charge in [0, 0.05) is 17.6 Å². The minimum absolute atomic E-state index is 0.00786. The Morgan fingerprint density at radius 3 is 2.10 bits per heavy atom. The van der Waals surface area contributed by atoms with E-state index in [1.807, 2.05) is 20.8 Å². The number of methoxy groups -OCH3 is 1. The predicted octanol–water partition coefficient (Wildman–Crippen LogP) is 5.18. The van der Waals surface area contributed by atoms with Crippen LogP contribution in [0.25, 0.3) is 0 Å². The summed E-state index contributed by atoms with van der Waals surface area (Å²) >= 11 is 6.05. The van der Waals surface area contributed by atoms with E-state index >= 15 is 0 Å². The van der Waals surface area contributed by atoms with Gasteiger partial charge in [-0.2, -0.15) is 0 Å². The molecule has 0 fully saturated rings. The molecule has 40 heavy (non-hydrogen) atoms. The number of nitrogens with one attached hydrogen (secondary N) is 1. The second-order valence-corrected chi connectivity index (χ2v) is 12.0. The van der Waals surface area contributed by atoms with Crippen LogP contribution >= 0.6 is 11.6 Å². The fourth-order valence-corrected chi connectivity index (χ4v) is 5.49. The van der Waals surface area contributed by atoms with E-state index in [0.29, 0.717) is 16.5 Å². The van der Waals surface area contributed by atoms with Crippen LogP contribution in [-0.4, -0.2) is 50.9 Å². The lowest BCUT2D eigenvalue weighted by atomic mass is 10.1. The van der Waals surface area contributed by atoms with Crippen molar-refractivity contribution in [3.63, 3.8) is 0 Å². The van der Waals surface area contributed by atoms with E-state index in [1.54, 1.807) is 67.6 Å². The molecular weight excluding hydrogens is 550 g/mol. The molecule has 0 saturated heterocycles. The molecule has 3 rings (SSSR count). The Balaban J connectivity index is 2.01.